The molecular weight excluding hydrogens is 354 g/mol. The van der Waals surface area contributed by atoms with Crippen LogP contribution in [0.4, 0.5) is 0 Å². The van der Waals surface area contributed by atoms with E-state index in [2.05, 4.69) is 15.5 Å². The topological polar surface area (TPSA) is 112 Å². The molecule has 2 heterocycles. The van der Waals surface area contributed by atoms with Crippen molar-refractivity contribution in [1.29, 1.82) is 0 Å². The minimum absolute atomic E-state index is 0.0629. The van der Waals surface area contributed by atoms with Gasteiger partial charge in [0.25, 0.3) is 0 Å². The van der Waals surface area contributed by atoms with E-state index in [0.717, 1.165) is 5.56 Å². The quantitative estimate of drug-likeness (QED) is 0.720. The zero-order chi connectivity index (χ0) is 19.2. The lowest BCUT2D eigenvalue weighted by Gasteiger charge is -2.41. The molecule has 1 aliphatic heterocycles. The molecule has 1 aromatic carbocycles. The van der Waals surface area contributed by atoms with Gasteiger partial charge in [0.05, 0.1) is 40.0 Å². The summed E-state index contributed by atoms with van der Waals surface area (Å²) in [5, 5.41) is 20.7. The van der Waals surface area contributed by atoms with Crippen LogP contribution in [0.1, 0.15) is 18.0 Å². The van der Waals surface area contributed by atoms with Crippen molar-refractivity contribution in [3.63, 3.8) is 0 Å². The average Bonchev–Trinajstić information content (AvgIpc) is 3.24. The van der Waals surface area contributed by atoms with Crippen molar-refractivity contribution < 1.29 is 24.1 Å². The molecule has 27 heavy (non-hydrogen) atoms. The predicted octanol–water partition coefficient (Wildman–Crippen LogP) is 0.0414. The number of rotatable bonds is 7. The van der Waals surface area contributed by atoms with Crippen molar-refractivity contribution in [3.8, 4) is 11.5 Å². The number of aliphatic hydroxyl groups is 1. The second kappa shape index (κ2) is 8.78. The lowest BCUT2D eigenvalue weighted by molar-refractivity contribution is -0.150. The molecule has 1 aromatic heterocycles. The molecule has 2 aromatic rings. The summed E-state index contributed by atoms with van der Waals surface area (Å²) in [4.78, 5) is 14.6. The van der Waals surface area contributed by atoms with E-state index in [1.807, 2.05) is 12.1 Å². The molecule has 2 atom stereocenters. The van der Waals surface area contributed by atoms with Crippen molar-refractivity contribution in [2.75, 3.05) is 34.0 Å². The molecule has 1 N–H and O–H groups in total. The van der Waals surface area contributed by atoms with E-state index in [1.54, 1.807) is 25.2 Å². The zero-order valence-corrected chi connectivity index (χ0v) is 15.3. The highest BCUT2D eigenvalue weighted by atomic mass is 16.5. The Bertz CT molecular complexity index is 754. The first kappa shape index (κ1) is 19.1. The Labute approximate surface area is 156 Å². The van der Waals surface area contributed by atoms with Crippen LogP contribution in [0.25, 0.3) is 0 Å². The Kier molecular flexibility index (Phi) is 6.20. The Balaban J connectivity index is 1.84. The van der Waals surface area contributed by atoms with E-state index in [0.29, 0.717) is 31.2 Å². The predicted molar refractivity (Wildman–Crippen MR) is 93.3 cm³/mol. The molecule has 10 heteroatoms. The number of ether oxygens (including phenoxy) is 3. The molecule has 3 rings (SSSR count). The van der Waals surface area contributed by atoms with Gasteiger partial charge in [-0.2, -0.15) is 0 Å². The standard InChI is InChI=1S/C17H23N5O5/c1-25-13-4-3-12(9-14(13)26-2)17-15(10-23)27-8-7-22(17)16(24)5-6-21-11-18-19-20-21/h3-4,9,11,15,17,23H,5-8,10H2,1-2H3/t15-,17-/m0/s1. The van der Waals surface area contributed by atoms with Crippen LogP contribution in [0.2, 0.25) is 0 Å². The highest BCUT2D eigenvalue weighted by Gasteiger charge is 2.36. The number of hydrogen-bond acceptors (Lipinski definition) is 8. The van der Waals surface area contributed by atoms with Gasteiger partial charge in [0.15, 0.2) is 11.5 Å². The van der Waals surface area contributed by atoms with E-state index in [4.69, 9.17) is 14.2 Å². The van der Waals surface area contributed by atoms with Gasteiger partial charge >= 0.3 is 0 Å². The highest BCUT2D eigenvalue weighted by Crippen LogP contribution is 2.35. The van der Waals surface area contributed by atoms with Gasteiger partial charge in [0.1, 0.15) is 12.4 Å². The van der Waals surface area contributed by atoms with Crippen LogP contribution in [-0.2, 0) is 16.1 Å². The van der Waals surface area contributed by atoms with E-state index in [-0.39, 0.29) is 18.9 Å². The van der Waals surface area contributed by atoms with E-state index in [1.165, 1.54) is 11.0 Å². The van der Waals surface area contributed by atoms with Crippen LogP contribution >= 0.6 is 0 Å². The first-order valence-electron chi connectivity index (χ1n) is 8.62. The maximum Gasteiger partial charge on any atom is 0.225 e. The number of methoxy groups -OCH3 is 2. The molecule has 146 valence electrons. The van der Waals surface area contributed by atoms with E-state index < -0.39 is 12.1 Å². The molecule has 1 fully saturated rings. The maximum absolute atomic E-state index is 12.9. The van der Waals surface area contributed by atoms with Crippen LogP contribution in [0.15, 0.2) is 24.5 Å². The van der Waals surface area contributed by atoms with Crippen molar-refractivity contribution in [2.45, 2.75) is 25.1 Å². The number of aryl methyl sites for hydroxylation is 1. The third-order valence-corrected chi connectivity index (χ3v) is 4.55. The summed E-state index contributed by atoms with van der Waals surface area (Å²) in [5.41, 5.74) is 0.808. The van der Waals surface area contributed by atoms with Gasteiger partial charge < -0.3 is 24.2 Å². The van der Waals surface area contributed by atoms with Gasteiger partial charge in [-0.3, -0.25) is 4.79 Å². The number of aromatic nitrogens is 4. The SMILES string of the molecule is COc1ccc([C@H]2[C@H](CO)OCCN2C(=O)CCn2cnnn2)cc1OC. The summed E-state index contributed by atoms with van der Waals surface area (Å²) >= 11 is 0. The number of carbonyl (C=O) groups excluding carboxylic acids is 1. The minimum atomic E-state index is -0.520. The molecule has 0 spiro atoms. The Morgan fingerprint density at radius 3 is 2.81 bits per heavy atom. The molecule has 1 aliphatic rings. The van der Waals surface area contributed by atoms with Gasteiger partial charge in [-0.15, -0.1) is 5.10 Å². The molecule has 1 amide bonds. The van der Waals surface area contributed by atoms with Crippen LogP contribution in [0, 0.1) is 0 Å². The second-order valence-electron chi connectivity index (χ2n) is 6.06. The Hall–Kier alpha value is -2.72. The molecule has 0 unspecified atom stereocenters. The van der Waals surface area contributed by atoms with Gasteiger partial charge in [-0.25, -0.2) is 4.68 Å². The maximum atomic E-state index is 12.9. The van der Waals surface area contributed by atoms with E-state index in [9.17, 15) is 9.90 Å². The van der Waals surface area contributed by atoms with Gasteiger partial charge in [-0.05, 0) is 28.1 Å². The first-order chi connectivity index (χ1) is 13.2. The fraction of sp³-hybridized carbons (Fsp3) is 0.529. The monoisotopic (exact) mass is 377 g/mol. The number of amides is 1. The normalized spacial score (nSPS) is 19.7. The largest absolute Gasteiger partial charge is 0.493 e. The third kappa shape index (κ3) is 4.17. The Morgan fingerprint density at radius 2 is 2.15 bits per heavy atom. The summed E-state index contributed by atoms with van der Waals surface area (Å²) < 4.78 is 17.9. The first-order valence-corrected chi connectivity index (χ1v) is 8.62. The van der Waals surface area contributed by atoms with Gasteiger partial charge in [0, 0.05) is 13.0 Å². The van der Waals surface area contributed by atoms with E-state index >= 15 is 0 Å². The lowest BCUT2D eigenvalue weighted by Crippen LogP contribution is -2.49. The summed E-state index contributed by atoms with van der Waals surface area (Å²) in [6.07, 6.45) is 1.19. The third-order valence-electron chi connectivity index (χ3n) is 4.55. The van der Waals surface area contributed by atoms with Crippen molar-refractivity contribution in [1.82, 2.24) is 25.1 Å². The van der Waals surface area contributed by atoms with Gasteiger partial charge in [-0.1, -0.05) is 6.07 Å². The minimum Gasteiger partial charge on any atom is -0.493 e. The fourth-order valence-electron chi connectivity index (χ4n) is 3.23. The summed E-state index contributed by atoms with van der Waals surface area (Å²) in [6, 6.07) is 5.01. The number of aliphatic hydroxyl groups excluding tert-OH is 1. The van der Waals surface area contributed by atoms with Crippen molar-refractivity contribution in [3.05, 3.63) is 30.1 Å². The van der Waals surface area contributed by atoms with Crippen LogP contribution in [0.5, 0.6) is 11.5 Å². The molecule has 0 saturated carbocycles. The van der Waals surface area contributed by atoms with Gasteiger partial charge in [0.2, 0.25) is 5.91 Å². The molecule has 0 radical (unpaired) electrons. The molecule has 0 bridgehead atoms. The summed E-state index contributed by atoms with van der Waals surface area (Å²) in [5.74, 6) is 1.08. The molecule has 0 aliphatic carbocycles. The van der Waals surface area contributed by atoms with Crippen molar-refractivity contribution >= 4 is 5.91 Å². The summed E-state index contributed by atoms with van der Waals surface area (Å²) in [7, 11) is 3.12. The number of hydrogen-bond donors (Lipinski definition) is 1. The zero-order valence-electron chi connectivity index (χ0n) is 15.3. The van der Waals surface area contributed by atoms with Crippen LogP contribution in [0.3, 0.4) is 0 Å². The van der Waals surface area contributed by atoms with Crippen molar-refractivity contribution in [2.24, 2.45) is 0 Å². The number of morpholine rings is 1. The Morgan fingerprint density at radius 1 is 1.33 bits per heavy atom. The second-order valence-corrected chi connectivity index (χ2v) is 6.06. The van der Waals surface area contributed by atoms with Crippen LogP contribution in [-0.4, -0.2) is 76.2 Å². The number of carbonyl (C=O) groups is 1. The molecule has 10 nitrogen and oxygen atoms in total. The number of benzene rings is 1. The lowest BCUT2D eigenvalue weighted by atomic mass is 9.97. The summed E-state index contributed by atoms with van der Waals surface area (Å²) in [6.45, 7) is 0.983. The van der Waals surface area contributed by atoms with Crippen LogP contribution < -0.4 is 9.47 Å². The molecule has 1 saturated heterocycles. The average molecular weight is 377 g/mol. The smallest absolute Gasteiger partial charge is 0.225 e. The molecular formula is C17H23N5O5. The highest BCUT2D eigenvalue weighted by molar-refractivity contribution is 5.77. The number of tetrazole rings is 1. The number of nitrogens with zero attached hydrogens (tertiary/aromatic N) is 5. The fourth-order valence-corrected chi connectivity index (χ4v) is 3.23.